The molecule has 1 atom stereocenters. The predicted molar refractivity (Wildman–Crippen MR) is 101 cm³/mol. The summed E-state index contributed by atoms with van der Waals surface area (Å²) >= 11 is 6.66. The highest BCUT2D eigenvalue weighted by atomic mass is 32.1. The van der Waals surface area contributed by atoms with E-state index in [1.165, 1.54) is 23.5 Å². The van der Waals surface area contributed by atoms with Crippen molar-refractivity contribution in [2.24, 2.45) is 0 Å². The maximum absolute atomic E-state index is 12.6. The van der Waals surface area contributed by atoms with Crippen LogP contribution in [-0.4, -0.2) is 15.4 Å². The lowest BCUT2D eigenvalue weighted by atomic mass is 10.1. The maximum atomic E-state index is 12.6. The number of carbonyl (C=O) groups is 1. The Bertz CT molecular complexity index is 1080. The Hall–Kier alpha value is -3.04. The van der Waals surface area contributed by atoms with Crippen LogP contribution in [0.5, 0.6) is 0 Å². The number of nitrogens with zero attached hydrogens (tertiary/aromatic N) is 2. The van der Waals surface area contributed by atoms with Gasteiger partial charge >= 0.3 is 0 Å². The molecule has 1 aliphatic rings. The van der Waals surface area contributed by atoms with E-state index in [1.54, 1.807) is 16.7 Å². The summed E-state index contributed by atoms with van der Waals surface area (Å²) in [6.07, 6.45) is -0.589. The van der Waals surface area contributed by atoms with Crippen molar-refractivity contribution in [3.63, 3.8) is 0 Å². The number of amides is 1. The number of fused-ring (bicyclic) bond motifs is 1. The number of nitro benzene ring substituents is 1. The second kappa shape index (κ2) is 6.36. The lowest BCUT2D eigenvalue weighted by molar-refractivity contribution is -0.384. The number of non-ortho nitro benzene ring substituents is 1. The van der Waals surface area contributed by atoms with Gasteiger partial charge in [-0.25, -0.2) is 0 Å². The van der Waals surface area contributed by atoms with Crippen molar-refractivity contribution in [2.75, 3.05) is 5.32 Å². The number of anilines is 1. The van der Waals surface area contributed by atoms with Gasteiger partial charge in [-0.15, -0.1) is 0 Å². The van der Waals surface area contributed by atoms with Crippen LogP contribution in [0, 0.1) is 14.1 Å². The molecule has 4 rings (SSSR count). The first-order valence-corrected chi connectivity index (χ1v) is 8.90. The molecule has 1 aromatic heterocycles. The first-order valence-electron chi connectivity index (χ1n) is 7.67. The Morgan fingerprint density at radius 2 is 1.88 bits per heavy atom. The molecule has 2 heterocycles. The highest BCUT2D eigenvalue weighted by Crippen LogP contribution is 2.34. The summed E-state index contributed by atoms with van der Waals surface area (Å²) < 4.78 is 2.35. The third-order valence-electron chi connectivity index (χ3n) is 4.00. The van der Waals surface area contributed by atoms with E-state index in [0.29, 0.717) is 20.2 Å². The number of hydrogen-bond acceptors (Lipinski definition) is 6. The van der Waals surface area contributed by atoms with Gasteiger partial charge in [0.1, 0.15) is 16.9 Å². The summed E-state index contributed by atoms with van der Waals surface area (Å²) in [5.74, 6) is 0.326. The van der Waals surface area contributed by atoms with Crippen molar-refractivity contribution in [3.05, 3.63) is 79.1 Å². The normalized spacial score (nSPS) is 15.7. The standard InChI is InChI=1S/C17H12N4O3S2/c22-16-13-15(20(17(25)26-13)11-6-2-1-3-7-11)18-14(19-16)10-5-4-8-12(9-10)21(23)24/h1-9,14,18H,(H,19,22)/t14-/m0/s1. The minimum Gasteiger partial charge on any atom is -0.346 e. The van der Waals surface area contributed by atoms with Gasteiger partial charge in [0.2, 0.25) is 0 Å². The Morgan fingerprint density at radius 3 is 2.62 bits per heavy atom. The summed E-state index contributed by atoms with van der Waals surface area (Å²) in [5.41, 5.74) is 1.40. The zero-order valence-corrected chi connectivity index (χ0v) is 14.8. The average molecular weight is 384 g/mol. The number of aromatic nitrogens is 1. The molecule has 0 fully saturated rings. The van der Waals surface area contributed by atoms with Crippen molar-refractivity contribution in [2.45, 2.75) is 6.17 Å². The van der Waals surface area contributed by atoms with Crippen LogP contribution >= 0.6 is 23.6 Å². The van der Waals surface area contributed by atoms with Crippen LogP contribution in [0.4, 0.5) is 11.5 Å². The van der Waals surface area contributed by atoms with Crippen LogP contribution < -0.4 is 10.6 Å². The van der Waals surface area contributed by atoms with E-state index in [4.69, 9.17) is 12.2 Å². The Morgan fingerprint density at radius 1 is 1.12 bits per heavy atom. The molecular weight excluding hydrogens is 372 g/mol. The van der Waals surface area contributed by atoms with Crippen LogP contribution in [0.3, 0.4) is 0 Å². The van der Waals surface area contributed by atoms with Crippen LogP contribution in [0.15, 0.2) is 54.6 Å². The van der Waals surface area contributed by atoms with Crippen LogP contribution in [0.2, 0.25) is 0 Å². The minimum absolute atomic E-state index is 0.0328. The fraction of sp³-hybridized carbons (Fsp3) is 0.0588. The van der Waals surface area contributed by atoms with Gasteiger partial charge in [-0.2, -0.15) is 0 Å². The second-order valence-electron chi connectivity index (χ2n) is 5.62. The number of nitro groups is 1. The minimum atomic E-state index is -0.589. The molecular formula is C17H12N4O3S2. The largest absolute Gasteiger partial charge is 0.346 e. The molecule has 0 radical (unpaired) electrons. The molecule has 7 nitrogen and oxygen atoms in total. The Balaban J connectivity index is 1.79. The number of hydrogen-bond donors (Lipinski definition) is 2. The molecule has 0 saturated heterocycles. The summed E-state index contributed by atoms with van der Waals surface area (Å²) in [7, 11) is 0. The lowest BCUT2D eigenvalue weighted by Crippen LogP contribution is -2.38. The molecule has 2 aromatic carbocycles. The molecule has 0 unspecified atom stereocenters. The zero-order chi connectivity index (χ0) is 18.3. The first kappa shape index (κ1) is 16.4. The molecule has 3 aromatic rings. The molecule has 1 aliphatic heterocycles. The van der Waals surface area contributed by atoms with E-state index < -0.39 is 11.1 Å². The molecule has 130 valence electrons. The van der Waals surface area contributed by atoms with Crippen molar-refractivity contribution in [1.29, 1.82) is 0 Å². The fourth-order valence-electron chi connectivity index (χ4n) is 2.82. The maximum Gasteiger partial charge on any atom is 0.269 e. The van der Waals surface area contributed by atoms with Crippen LogP contribution in [-0.2, 0) is 0 Å². The van der Waals surface area contributed by atoms with Gasteiger partial charge in [-0.1, -0.05) is 41.7 Å². The van der Waals surface area contributed by atoms with Gasteiger partial charge in [0, 0.05) is 23.4 Å². The molecule has 0 saturated carbocycles. The number of benzene rings is 2. The quantitative estimate of drug-likeness (QED) is 0.404. The molecule has 0 spiro atoms. The van der Waals surface area contributed by atoms with Gasteiger partial charge in [0.15, 0.2) is 3.95 Å². The number of rotatable bonds is 3. The average Bonchev–Trinajstić information content (AvgIpc) is 2.99. The highest BCUT2D eigenvalue weighted by molar-refractivity contribution is 7.73. The summed E-state index contributed by atoms with van der Waals surface area (Å²) in [6, 6.07) is 15.7. The molecule has 1 amide bonds. The predicted octanol–water partition coefficient (Wildman–Crippen LogP) is 4.03. The van der Waals surface area contributed by atoms with E-state index in [2.05, 4.69) is 10.6 Å². The van der Waals surface area contributed by atoms with Gasteiger partial charge in [0.25, 0.3) is 11.6 Å². The van der Waals surface area contributed by atoms with Crippen LogP contribution in [0.25, 0.3) is 5.69 Å². The van der Waals surface area contributed by atoms with E-state index in [-0.39, 0.29) is 11.6 Å². The van der Waals surface area contributed by atoms with E-state index in [1.807, 2.05) is 30.3 Å². The van der Waals surface area contributed by atoms with Crippen LogP contribution in [0.1, 0.15) is 21.4 Å². The topological polar surface area (TPSA) is 89.2 Å². The molecule has 2 N–H and O–H groups in total. The van der Waals surface area contributed by atoms with Gasteiger partial charge in [-0.3, -0.25) is 19.5 Å². The third-order valence-corrected chi connectivity index (χ3v) is 5.37. The van der Waals surface area contributed by atoms with Gasteiger partial charge in [0.05, 0.1) is 4.92 Å². The van der Waals surface area contributed by atoms with Crippen molar-refractivity contribution in [1.82, 2.24) is 9.88 Å². The van der Waals surface area contributed by atoms with Crippen molar-refractivity contribution < 1.29 is 9.72 Å². The van der Waals surface area contributed by atoms with Crippen molar-refractivity contribution >= 4 is 41.0 Å². The molecule has 0 bridgehead atoms. The monoisotopic (exact) mass is 384 g/mol. The van der Waals surface area contributed by atoms with E-state index >= 15 is 0 Å². The SMILES string of the molecule is O=C1N[C@@H](c2cccc([N+](=O)[O-])c2)Nc2c1sc(=S)n2-c1ccccc1. The molecule has 0 aliphatic carbocycles. The van der Waals surface area contributed by atoms with Crippen molar-refractivity contribution in [3.8, 4) is 5.69 Å². The number of para-hydroxylation sites is 1. The van der Waals surface area contributed by atoms with E-state index in [0.717, 1.165) is 5.69 Å². The summed E-state index contributed by atoms with van der Waals surface area (Å²) in [4.78, 5) is 23.6. The Labute approximate surface area is 157 Å². The number of nitrogens with one attached hydrogen (secondary N) is 2. The zero-order valence-electron chi connectivity index (χ0n) is 13.2. The van der Waals surface area contributed by atoms with Gasteiger partial charge in [-0.05, 0) is 24.4 Å². The lowest BCUT2D eigenvalue weighted by Gasteiger charge is -2.27. The highest BCUT2D eigenvalue weighted by Gasteiger charge is 2.30. The summed E-state index contributed by atoms with van der Waals surface area (Å²) in [5, 5.41) is 17.1. The fourth-order valence-corrected chi connectivity index (χ4v) is 4.13. The number of carbonyl (C=O) groups excluding carboxylic acids is 1. The summed E-state index contributed by atoms with van der Waals surface area (Å²) in [6.45, 7) is 0. The second-order valence-corrected chi connectivity index (χ2v) is 7.26. The first-order chi connectivity index (χ1) is 12.5. The van der Waals surface area contributed by atoms with Gasteiger partial charge < -0.3 is 10.6 Å². The molecule has 26 heavy (non-hydrogen) atoms. The number of thiazole rings is 1. The van der Waals surface area contributed by atoms with E-state index in [9.17, 15) is 14.9 Å². The third kappa shape index (κ3) is 2.76. The molecule has 9 heteroatoms. The Kier molecular flexibility index (Phi) is 4.02. The smallest absolute Gasteiger partial charge is 0.269 e.